The Balaban J connectivity index is 1.23. The average molecular weight is 644 g/mol. The summed E-state index contributed by atoms with van der Waals surface area (Å²) in [6.45, 7) is 0. The molecular weight excluding hydrogens is 619 g/mol. The van der Waals surface area contributed by atoms with Gasteiger partial charge in [0, 0.05) is 32.0 Å². The molecule has 1 aliphatic heterocycles. The molecule has 6 aromatic carbocycles. The van der Waals surface area contributed by atoms with Crippen LogP contribution in [-0.2, 0) is 0 Å². The first kappa shape index (κ1) is 26.0. The average Bonchev–Trinajstić information content (AvgIpc) is 3.81. The highest BCUT2D eigenvalue weighted by Gasteiger charge is 2.44. The van der Waals surface area contributed by atoms with Crippen LogP contribution >= 0.6 is 11.3 Å². The van der Waals surface area contributed by atoms with Crippen molar-refractivity contribution in [2.75, 3.05) is 0 Å². The molecule has 0 N–H and O–H groups in total. The predicted molar refractivity (Wildman–Crippen MR) is 201 cm³/mol. The molecule has 0 spiro atoms. The van der Waals surface area contributed by atoms with Crippen molar-refractivity contribution < 1.29 is 4.74 Å². The third-order valence-electron chi connectivity index (χ3n) is 10.8. The van der Waals surface area contributed by atoms with Crippen LogP contribution in [0.4, 0.5) is 0 Å². The number of benzene rings is 6. The van der Waals surface area contributed by atoms with Gasteiger partial charge in [-0.3, -0.25) is 4.57 Å². The van der Waals surface area contributed by atoms with Gasteiger partial charge in [0.05, 0.1) is 22.8 Å². The van der Waals surface area contributed by atoms with E-state index >= 15 is 0 Å². The van der Waals surface area contributed by atoms with E-state index in [-0.39, 0.29) is 12.0 Å². The fraction of sp³-hybridized carbons (Fsp3) is 0.0455. The molecule has 228 valence electrons. The minimum absolute atomic E-state index is 0.0495. The Morgan fingerprint density at radius 2 is 1.41 bits per heavy atom. The Morgan fingerprint density at radius 3 is 2.35 bits per heavy atom. The molecule has 0 saturated carbocycles. The summed E-state index contributed by atoms with van der Waals surface area (Å²) in [6.07, 6.45) is 4.44. The van der Waals surface area contributed by atoms with Gasteiger partial charge in [0.25, 0.3) is 0 Å². The zero-order valence-electron chi connectivity index (χ0n) is 26.1. The number of nitrogens with zero attached hydrogens (tertiary/aromatic N) is 3. The van der Waals surface area contributed by atoms with E-state index < -0.39 is 0 Å². The van der Waals surface area contributed by atoms with Crippen LogP contribution in [-0.4, -0.2) is 20.6 Å². The molecule has 2 unspecified atom stereocenters. The quantitative estimate of drug-likeness (QED) is 0.192. The van der Waals surface area contributed by atoms with Crippen molar-refractivity contribution in [2.45, 2.75) is 12.0 Å². The minimum atomic E-state index is -0.0495. The predicted octanol–water partition coefficient (Wildman–Crippen LogP) is 11.2. The third kappa shape index (κ3) is 3.32. The van der Waals surface area contributed by atoms with Crippen molar-refractivity contribution in [1.29, 1.82) is 0 Å². The Morgan fingerprint density at radius 1 is 0.612 bits per heavy atom. The maximum Gasteiger partial charge on any atom is 0.236 e. The Kier molecular flexibility index (Phi) is 4.94. The van der Waals surface area contributed by atoms with Crippen molar-refractivity contribution in [1.82, 2.24) is 14.5 Å². The second-order valence-corrected chi connectivity index (χ2v) is 14.2. The molecule has 2 atom stereocenters. The summed E-state index contributed by atoms with van der Waals surface area (Å²) in [5.41, 5.74) is 11.8. The van der Waals surface area contributed by atoms with Gasteiger partial charge >= 0.3 is 0 Å². The Bertz CT molecular complexity index is 2930. The van der Waals surface area contributed by atoms with Gasteiger partial charge in [-0.05, 0) is 68.9 Å². The van der Waals surface area contributed by atoms with Crippen LogP contribution < -0.4 is 4.74 Å². The first-order chi connectivity index (χ1) is 24.3. The molecule has 0 saturated heterocycles. The van der Waals surface area contributed by atoms with Gasteiger partial charge in [-0.2, -0.15) is 0 Å². The number of thiophene rings is 1. The van der Waals surface area contributed by atoms with Gasteiger partial charge in [-0.25, -0.2) is 9.97 Å². The van der Waals surface area contributed by atoms with Crippen molar-refractivity contribution in [2.24, 2.45) is 0 Å². The minimum Gasteiger partial charge on any atom is -0.485 e. The van der Waals surface area contributed by atoms with E-state index in [4.69, 9.17) is 14.7 Å². The molecular formula is C44H25N3OS. The molecule has 5 heteroatoms. The van der Waals surface area contributed by atoms with Crippen molar-refractivity contribution >= 4 is 59.4 Å². The summed E-state index contributed by atoms with van der Waals surface area (Å²) >= 11 is 1.74. The normalized spacial score (nSPS) is 16.7. The van der Waals surface area contributed by atoms with Crippen molar-refractivity contribution in [3.05, 3.63) is 150 Å². The lowest BCUT2D eigenvalue weighted by Crippen LogP contribution is -2.21. The summed E-state index contributed by atoms with van der Waals surface area (Å²) in [4.78, 5) is 12.0. The largest absolute Gasteiger partial charge is 0.485 e. The number of aromatic nitrogens is 3. The van der Waals surface area contributed by atoms with Crippen LogP contribution in [0.15, 0.2) is 133 Å². The molecule has 2 aliphatic carbocycles. The molecule has 49 heavy (non-hydrogen) atoms. The van der Waals surface area contributed by atoms with Crippen LogP contribution in [0.25, 0.3) is 87.5 Å². The molecule has 9 aromatic rings. The molecule has 3 aliphatic rings. The molecule has 3 aromatic heterocycles. The number of hydrogen-bond donors (Lipinski definition) is 0. The van der Waals surface area contributed by atoms with E-state index in [0.29, 0.717) is 5.95 Å². The lowest BCUT2D eigenvalue weighted by Gasteiger charge is -2.22. The Labute approximate surface area is 285 Å². The summed E-state index contributed by atoms with van der Waals surface area (Å²) in [5.74, 6) is 1.77. The maximum absolute atomic E-state index is 6.64. The van der Waals surface area contributed by atoms with Crippen LogP contribution in [0.5, 0.6) is 5.75 Å². The SMILES string of the molecule is C1=CC2Oc3cccc4c3C2c2c1n(-c1nc(-c3ccccc3-c3ccccc3)c3c(n1)sc1ccccc13)c1ccc3cccc-4c3c21. The summed E-state index contributed by atoms with van der Waals surface area (Å²) in [6, 6.07) is 45.7. The van der Waals surface area contributed by atoms with Gasteiger partial charge in [-0.1, -0.05) is 109 Å². The highest BCUT2D eigenvalue weighted by molar-refractivity contribution is 7.25. The van der Waals surface area contributed by atoms with E-state index in [9.17, 15) is 0 Å². The van der Waals surface area contributed by atoms with Crippen LogP contribution in [0.3, 0.4) is 0 Å². The highest BCUT2D eigenvalue weighted by atomic mass is 32.1. The van der Waals surface area contributed by atoms with E-state index in [0.717, 1.165) is 44.0 Å². The number of hydrogen-bond acceptors (Lipinski definition) is 4. The summed E-state index contributed by atoms with van der Waals surface area (Å²) < 4.78 is 10.2. The van der Waals surface area contributed by atoms with E-state index in [2.05, 4.69) is 144 Å². The zero-order valence-corrected chi connectivity index (χ0v) is 26.9. The molecule has 0 radical (unpaired) electrons. The molecule has 4 heterocycles. The lowest BCUT2D eigenvalue weighted by atomic mass is 9.82. The number of rotatable bonds is 3. The number of ether oxygens (including phenoxy) is 1. The van der Waals surface area contributed by atoms with E-state index in [1.165, 1.54) is 54.1 Å². The van der Waals surface area contributed by atoms with Crippen molar-refractivity contribution in [3.8, 4) is 45.2 Å². The first-order valence-corrected chi connectivity index (χ1v) is 17.6. The highest BCUT2D eigenvalue weighted by Crippen LogP contribution is 2.57. The van der Waals surface area contributed by atoms with E-state index in [1.807, 2.05) is 0 Å². The maximum atomic E-state index is 6.64. The Hall–Kier alpha value is -6.04. The van der Waals surface area contributed by atoms with Crippen molar-refractivity contribution in [3.63, 3.8) is 0 Å². The second kappa shape index (κ2) is 9.31. The summed E-state index contributed by atoms with van der Waals surface area (Å²) in [5, 5.41) is 6.11. The smallest absolute Gasteiger partial charge is 0.236 e. The standard InChI is InChI=1S/C44H25N3OS/c1-2-10-24(11-3-1)26-13-4-5-14-29(26)42-38-30-15-6-7-19-35(30)49-43(38)46-44(45-42)47-31-21-20-25-12-8-16-27-28-17-9-18-33-37(28)41-34(48-33)23-22-32(47)40(41)39(31)36(25)27/h1-23,34,41H. The molecule has 0 bridgehead atoms. The van der Waals surface area contributed by atoms with Gasteiger partial charge in [-0.15, -0.1) is 11.3 Å². The monoisotopic (exact) mass is 643 g/mol. The van der Waals surface area contributed by atoms with Gasteiger partial charge in [0.15, 0.2) is 0 Å². The lowest BCUT2D eigenvalue weighted by molar-refractivity contribution is 0.267. The second-order valence-electron chi connectivity index (χ2n) is 13.2. The first-order valence-electron chi connectivity index (χ1n) is 16.7. The molecule has 0 amide bonds. The number of fused-ring (bicyclic) bond motifs is 4. The third-order valence-corrected chi connectivity index (χ3v) is 11.8. The summed E-state index contributed by atoms with van der Waals surface area (Å²) in [7, 11) is 0. The van der Waals surface area contributed by atoms with Crippen LogP contribution in [0, 0.1) is 0 Å². The van der Waals surface area contributed by atoms with Gasteiger partial charge < -0.3 is 4.74 Å². The van der Waals surface area contributed by atoms with E-state index in [1.54, 1.807) is 11.3 Å². The zero-order chi connectivity index (χ0) is 31.8. The van der Waals surface area contributed by atoms with Crippen LogP contribution in [0.1, 0.15) is 22.7 Å². The van der Waals surface area contributed by atoms with Gasteiger partial charge in [0.2, 0.25) is 5.95 Å². The fourth-order valence-corrected chi connectivity index (χ4v) is 9.89. The van der Waals surface area contributed by atoms with Crippen LogP contribution in [0.2, 0.25) is 0 Å². The van der Waals surface area contributed by atoms with Gasteiger partial charge in [0.1, 0.15) is 16.7 Å². The topological polar surface area (TPSA) is 39.9 Å². The molecule has 0 fully saturated rings. The molecule has 12 rings (SSSR count). The fourth-order valence-electron chi connectivity index (χ4n) is 8.82. The molecule has 4 nitrogen and oxygen atoms in total.